The third kappa shape index (κ3) is 2.79. The maximum Gasteiger partial charge on any atom is 0.453 e. The van der Waals surface area contributed by atoms with Crippen LogP contribution in [0.5, 0.6) is 0 Å². The zero-order valence-electron chi connectivity index (χ0n) is 14.5. The van der Waals surface area contributed by atoms with E-state index < -0.39 is 12.0 Å². The van der Waals surface area contributed by atoms with Crippen LogP contribution in [0, 0.1) is 0 Å². The smallest absolute Gasteiger partial charge is 0.423 e. The van der Waals surface area contributed by atoms with E-state index in [0.717, 1.165) is 15.6 Å². The maximum absolute atomic E-state index is 13.1. The lowest BCUT2D eigenvalue weighted by Gasteiger charge is -2.34. The van der Waals surface area contributed by atoms with Crippen molar-refractivity contribution < 1.29 is 17.6 Å². The number of oxazole rings is 1. The lowest BCUT2D eigenvalue weighted by Crippen LogP contribution is -2.47. The highest BCUT2D eigenvalue weighted by atomic mass is 19.4. The van der Waals surface area contributed by atoms with Crippen LogP contribution in [0.1, 0.15) is 5.82 Å². The molecule has 8 nitrogen and oxygen atoms in total. The summed E-state index contributed by atoms with van der Waals surface area (Å²) < 4.78 is 45.7. The van der Waals surface area contributed by atoms with Crippen LogP contribution >= 0.6 is 0 Å². The van der Waals surface area contributed by atoms with Gasteiger partial charge in [0, 0.05) is 26.2 Å². The Labute approximate surface area is 156 Å². The standard InChI is InChI=1S/C17H14F3N7O/c18-17(19,20)15-23-22-13-5-6-14(24-27(13)15)25-7-9-26(10-8-25)16-21-11-3-1-2-4-12(11)28-16/h1-6H,7-10H2. The summed E-state index contributed by atoms with van der Waals surface area (Å²) in [7, 11) is 0. The van der Waals surface area contributed by atoms with Gasteiger partial charge in [-0.3, -0.25) is 0 Å². The van der Waals surface area contributed by atoms with Crippen LogP contribution in [0.3, 0.4) is 0 Å². The molecule has 1 aliphatic rings. The van der Waals surface area contributed by atoms with Crippen molar-refractivity contribution >= 4 is 28.6 Å². The van der Waals surface area contributed by atoms with Crippen molar-refractivity contribution in [2.24, 2.45) is 0 Å². The van der Waals surface area contributed by atoms with E-state index in [9.17, 15) is 13.2 Å². The van der Waals surface area contributed by atoms with Gasteiger partial charge in [-0.15, -0.1) is 15.3 Å². The van der Waals surface area contributed by atoms with Crippen molar-refractivity contribution in [3.8, 4) is 0 Å². The van der Waals surface area contributed by atoms with Crippen molar-refractivity contribution in [2.45, 2.75) is 6.18 Å². The molecule has 1 aromatic carbocycles. The second-order valence-electron chi connectivity index (χ2n) is 6.42. The Morgan fingerprint density at radius 1 is 0.893 bits per heavy atom. The number of benzene rings is 1. The topological polar surface area (TPSA) is 75.6 Å². The quantitative estimate of drug-likeness (QED) is 0.522. The molecule has 0 unspecified atom stereocenters. The number of para-hydroxylation sites is 2. The predicted molar refractivity (Wildman–Crippen MR) is 94.2 cm³/mol. The summed E-state index contributed by atoms with van der Waals surface area (Å²) in [5.41, 5.74) is 1.57. The van der Waals surface area contributed by atoms with Crippen molar-refractivity contribution in [3.63, 3.8) is 0 Å². The normalized spacial score (nSPS) is 15.7. The molecule has 0 spiro atoms. The zero-order valence-corrected chi connectivity index (χ0v) is 14.5. The SMILES string of the molecule is FC(F)(F)c1nnc2ccc(N3CCN(c4nc5ccccc5o4)CC3)nn12. The Balaban J connectivity index is 1.36. The highest BCUT2D eigenvalue weighted by Gasteiger charge is 2.38. The van der Waals surface area contributed by atoms with E-state index in [0.29, 0.717) is 38.0 Å². The number of rotatable bonds is 2. The Morgan fingerprint density at radius 3 is 2.39 bits per heavy atom. The molecule has 3 aromatic heterocycles. The molecular formula is C17H14F3N7O. The molecule has 144 valence electrons. The second kappa shape index (κ2) is 6.08. The van der Waals surface area contributed by atoms with Gasteiger partial charge in [-0.05, 0) is 24.3 Å². The first-order valence-corrected chi connectivity index (χ1v) is 8.64. The van der Waals surface area contributed by atoms with Gasteiger partial charge in [-0.2, -0.15) is 22.7 Å². The van der Waals surface area contributed by atoms with Crippen molar-refractivity contribution in [1.82, 2.24) is 24.8 Å². The number of piperazine rings is 1. The van der Waals surface area contributed by atoms with E-state index >= 15 is 0 Å². The summed E-state index contributed by atoms with van der Waals surface area (Å²) in [6.07, 6.45) is -4.61. The first-order valence-electron chi connectivity index (χ1n) is 8.64. The van der Waals surface area contributed by atoms with Crippen LogP contribution in [0.2, 0.25) is 0 Å². The Bertz CT molecular complexity index is 1110. The molecular weight excluding hydrogens is 375 g/mol. The summed E-state index contributed by atoms with van der Waals surface area (Å²) in [5.74, 6) is -0.690. The minimum atomic E-state index is -4.61. The van der Waals surface area contributed by atoms with E-state index in [1.165, 1.54) is 6.07 Å². The average molecular weight is 389 g/mol. The van der Waals surface area contributed by atoms with Gasteiger partial charge >= 0.3 is 6.18 Å². The van der Waals surface area contributed by atoms with Gasteiger partial charge in [-0.1, -0.05) is 12.1 Å². The second-order valence-corrected chi connectivity index (χ2v) is 6.42. The van der Waals surface area contributed by atoms with Gasteiger partial charge in [0.2, 0.25) is 0 Å². The zero-order chi connectivity index (χ0) is 19.3. The van der Waals surface area contributed by atoms with E-state index in [1.807, 2.05) is 34.1 Å². The molecule has 1 aliphatic heterocycles. The third-order valence-electron chi connectivity index (χ3n) is 4.66. The largest absolute Gasteiger partial charge is 0.453 e. The monoisotopic (exact) mass is 389 g/mol. The van der Waals surface area contributed by atoms with Gasteiger partial charge < -0.3 is 14.2 Å². The van der Waals surface area contributed by atoms with E-state index in [-0.39, 0.29) is 5.65 Å². The summed E-state index contributed by atoms with van der Waals surface area (Å²) in [6, 6.07) is 11.2. The number of fused-ring (bicyclic) bond motifs is 2. The molecule has 28 heavy (non-hydrogen) atoms. The molecule has 0 N–H and O–H groups in total. The van der Waals surface area contributed by atoms with Crippen molar-refractivity contribution in [1.29, 1.82) is 0 Å². The molecule has 0 saturated carbocycles. The van der Waals surface area contributed by atoms with Crippen LogP contribution in [0.25, 0.3) is 16.7 Å². The van der Waals surface area contributed by atoms with Crippen molar-refractivity contribution in [3.05, 3.63) is 42.2 Å². The Morgan fingerprint density at radius 2 is 1.64 bits per heavy atom. The van der Waals surface area contributed by atoms with Gasteiger partial charge in [0.15, 0.2) is 11.2 Å². The first-order chi connectivity index (χ1) is 13.5. The minimum absolute atomic E-state index is 0.0567. The fourth-order valence-corrected chi connectivity index (χ4v) is 3.25. The van der Waals surface area contributed by atoms with Gasteiger partial charge in [-0.25, -0.2) is 0 Å². The molecule has 0 amide bonds. The molecule has 4 heterocycles. The van der Waals surface area contributed by atoms with Crippen LogP contribution in [-0.4, -0.2) is 51.0 Å². The van der Waals surface area contributed by atoms with Crippen molar-refractivity contribution in [2.75, 3.05) is 36.0 Å². The van der Waals surface area contributed by atoms with E-state index in [1.54, 1.807) is 6.07 Å². The molecule has 0 aliphatic carbocycles. The maximum atomic E-state index is 13.1. The van der Waals surface area contributed by atoms with Crippen LogP contribution in [-0.2, 0) is 6.18 Å². The first kappa shape index (κ1) is 16.8. The number of nitrogens with zero attached hydrogens (tertiary/aromatic N) is 7. The fraction of sp³-hybridized carbons (Fsp3) is 0.294. The van der Waals surface area contributed by atoms with Crippen LogP contribution < -0.4 is 9.80 Å². The number of aromatic nitrogens is 5. The van der Waals surface area contributed by atoms with Gasteiger partial charge in [0.1, 0.15) is 11.3 Å². The summed E-state index contributed by atoms with van der Waals surface area (Å²) >= 11 is 0. The lowest BCUT2D eigenvalue weighted by atomic mass is 10.3. The molecule has 0 atom stereocenters. The molecule has 4 aromatic rings. The predicted octanol–water partition coefficient (Wildman–Crippen LogP) is 2.61. The number of alkyl halides is 3. The summed E-state index contributed by atoms with van der Waals surface area (Å²) in [4.78, 5) is 8.41. The number of hydrogen-bond acceptors (Lipinski definition) is 7. The highest BCUT2D eigenvalue weighted by Crippen LogP contribution is 2.28. The minimum Gasteiger partial charge on any atom is -0.423 e. The molecule has 0 bridgehead atoms. The molecule has 1 saturated heterocycles. The molecule has 1 fully saturated rings. The Kier molecular flexibility index (Phi) is 3.64. The van der Waals surface area contributed by atoms with Crippen LogP contribution in [0.15, 0.2) is 40.8 Å². The summed E-state index contributed by atoms with van der Waals surface area (Å²) in [5, 5.41) is 10.8. The molecule has 11 heteroatoms. The molecule has 0 radical (unpaired) electrons. The number of anilines is 2. The Hall–Kier alpha value is -3.37. The number of halogens is 3. The molecule has 5 rings (SSSR count). The third-order valence-corrected chi connectivity index (χ3v) is 4.66. The average Bonchev–Trinajstić information content (AvgIpc) is 3.31. The van der Waals surface area contributed by atoms with Crippen LogP contribution in [0.4, 0.5) is 25.0 Å². The van der Waals surface area contributed by atoms with E-state index in [4.69, 9.17) is 4.42 Å². The number of hydrogen-bond donors (Lipinski definition) is 0. The summed E-state index contributed by atoms with van der Waals surface area (Å²) in [6.45, 7) is 2.36. The fourth-order valence-electron chi connectivity index (χ4n) is 3.25. The van der Waals surface area contributed by atoms with Gasteiger partial charge in [0.25, 0.3) is 11.8 Å². The van der Waals surface area contributed by atoms with Gasteiger partial charge in [0.05, 0.1) is 0 Å². The van der Waals surface area contributed by atoms with E-state index in [2.05, 4.69) is 20.3 Å². The highest BCUT2D eigenvalue weighted by molar-refractivity contribution is 5.74. The lowest BCUT2D eigenvalue weighted by molar-refractivity contribution is -0.146.